The van der Waals surface area contributed by atoms with Crippen molar-refractivity contribution in [3.8, 4) is 0 Å². The van der Waals surface area contributed by atoms with Gasteiger partial charge in [0.1, 0.15) is 6.04 Å². The minimum atomic E-state index is -0.950. The van der Waals surface area contributed by atoms with Crippen LogP contribution in [0.3, 0.4) is 0 Å². The predicted molar refractivity (Wildman–Crippen MR) is 85.4 cm³/mol. The number of carbonyl (C=O) groups excluding carboxylic acids is 1. The monoisotopic (exact) mass is 374 g/mol. The molecule has 116 valence electrons. The molecule has 2 amide bonds. The van der Waals surface area contributed by atoms with Crippen molar-refractivity contribution in [3.05, 3.63) is 20.8 Å². The molecule has 3 N–H and O–H groups in total. The minimum absolute atomic E-state index is 0.0375. The van der Waals surface area contributed by atoms with Gasteiger partial charge in [-0.15, -0.1) is 11.3 Å². The van der Waals surface area contributed by atoms with Crippen molar-refractivity contribution >= 4 is 39.3 Å². The summed E-state index contributed by atoms with van der Waals surface area (Å²) in [6.45, 7) is 0.390. The Morgan fingerprint density at radius 2 is 2.10 bits per heavy atom. The number of thiophene rings is 1. The molecule has 0 radical (unpaired) electrons. The first-order chi connectivity index (χ1) is 10.1. The van der Waals surface area contributed by atoms with Gasteiger partial charge in [-0.25, -0.2) is 9.59 Å². The van der Waals surface area contributed by atoms with Gasteiger partial charge in [0.2, 0.25) is 0 Å². The second kappa shape index (κ2) is 7.79. The fourth-order valence-electron chi connectivity index (χ4n) is 2.65. The number of halogens is 1. The number of hydrogen-bond acceptors (Lipinski definition) is 3. The number of carbonyl (C=O) groups is 2. The van der Waals surface area contributed by atoms with Crippen molar-refractivity contribution < 1.29 is 14.7 Å². The Bertz CT molecular complexity index is 500. The summed E-state index contributed by atoms with van der Waals surface area (Å²) in [5, 5.41) is 16.6. The Morgan fingerprint density at radius 3 is 2.67 bits per heavy atom. The smallest absolute Gasteiger partial charge is 0.326 e. The van der Waals surface area contributed by atoms with Crippen LogP contribution in [0.25, 0.3) is 0 Å². The molecule has 0 aliphatic heterocycles. The predicted octanol–water partition coefficient (Wildman–Crippen LogP) is 3.34. The van der Waals surface area contributed by atoms with Gasteiger partial charge in [0, 0.05) is 9.35 Å². The number of hydrogen-bond donors (Lipinski definition) is 3. The molecular formula is C14H19BrN2O3S. The highest BCUT2D eigenvalue weighted by Gasteiger charge is 2.30. The van der Waals surface area contributed by atoms with Crippen molar-refractivity contribution in [2.75, 3.05) is 0 Å². The molecule has 1 heterocycles. The van der Waals surface area contributed by atoms with E-state index in [1.165, 1.54) is 11.3 Å². The first-order valence-corrected chi connectivity index (χ1v) is 8.74. The number of carboxylic acid groups (broad SMARTS) is 1. The number of urea groups is 1. The normalized spacial score (nSPS) is 17.2. The maximum absolute atomic E-state index is 11.9. The van der Waals surface area contributed by atoms with Crippen molar-refractivity contribution in [2.24, 2.45) is 5.92 Å². The zero-order valence-electron chi connectivity index (χ0n) is 11.6. The van der Waals surface area contributed by atoms with E-state index >= 15 is 0 Å². The zero-order valence-corrected chi connectivity index (χ0v) is 14.0. The molecule has 2 rings (SSSR count). The van der Waals surface area contributed by atoms with E-state index < -0.39 is 18.0 Å². The van der Waals surface area contributed by atoms with Crippen LogP contribution in [0.1, 0.15) is 37.0 Å². The summed E-state index contributed by atoms with van der Waals surface area (Å²) >= 11 is 4.94. The van der Waals surface area contributed by atoms with Crippen molar-refractivity contribution in [2.45, 2.75) is 44.7 Å². The topological polar surface area (TPSA) is 78.4 Å². The van der Waals surface area contributed by atoms with Crippen LogP contribution < -0.4 is 10.6 Å². The fourth-order valence-corrected chi connectivity index (χ4v) is 4.08. The van der Waals surface area contributed by atoms with E-state index in [1.807, 2.05) is 11.4 Å². The van der Waals surface area contributed by atoms with Gasteiger partial charge in [0.05, 0.1) is 6.54 Å². The SMILES string of the molecule is O=C(NCc1sccc1Br)NC(C(=O)O)C1CCCCC1. The van der Waals surface area contributed by atoms with Gasteiger partial charge >= 0.3 is 12.0 Å². The Kier molecular flexibility index (Phi) is 6.05. The summed E-state index contributed by atoms with van der Waals surface area (Å²) < 4.78 is 0.954. The van der Waals surface area contributed by atoms with E-state index in [4.69, 9.17) is 0 Å². The third-order valence-electron chi connectivity index (χ3n) is 3.77. The standard InChI is InChI=1S/C14H19BrN2O3S/c15-10-6-7-21-11(10)8-16-14(20)17-12(13(18)19)9-4-2-1-3-5-9/h6-7,9,12H,1-5,8H2,(H,18,19)(H2,16,17,20). The highest BCUT2D eigenvalue weighted by atomic mass is 79.9. The quantitative estimate of drug-likeness (QED) is 0.739. The van der Waals surface area contributed by atoms with Crippen LogP contribution >= 0.6 is 27.3 Å². The molecule has 7 heteroatoms. The molecule has 1 aromatic rings. The number of rotatable bonds is 5. The molecule has 0 bridgehead atoms. The highest BCUT2D eigenvalue weighted by molar-refractivity contribution is 9.10. The molecule has 0 aromatic carbocycles. The van der Waals surface area contributed by atoms with Crippen LogP contribution in [0, 0.1) is 5.92 Å². The average molecular weight is 375 g/mol. The Balaban J connectivity index is 1.86. The minimum Gasteiger partial charge on any atom is -0.480 e. The van der Waals surface area contributed by atoms with E-state index in [0.717, 1.165) is 41.5 Å². The van der Waals surface area contributed by atoms with Gasteiger partial charge in [-0.05, 0) is 46.1 Å². The van der Waals surface area contributed by atoms with Crippen LogP contribution in [-0.4, -0.2) is 23.1 Å². The Morgan fingerprint density at radius 1 is 1.38 bits per heavy atom. The average Bonchev–Trinajstić information content (AvgIpc) is 2.88. The first-order valence-electron chi connectivity index (χ1n) is 7.07. The van der Waals surface area contributed by atoms with Gasteiger partial charge in [-0.1, -0.05) is 19.3 Å². The van der Waals surface area contributed by atoms with E-state index in [2.05, 4.69) is 26.6 Å². The van der Waals surface area contributed by atoms with Crippen molar-refractivity contribution in [1.82, 2.24) is 10.6 Å². The van der Waals surface area contributed by atoms with Crippen LogP contribution in [-0.2, 0) is 11.3 Å². The van der Waals surface area contributed by atoms with E-state index in [0.29, 0.717) is 6.54 Å². The lowest BCUT2D eigenvalue weighted by atomic mass is 9.84. The summed E-state index contributed by atoms with van der Waals surface area (Å²) in [5.74, 6) is -0.912. The summed E-state index contributed by atoms with van der Waals surface area (Å²) in [4.78, 5) is 24.3. The summed E-state index contributed by atoms with van der Waals surface area (Å²) in [7, 11) is 0. The lowest BCUT2D eigenvalue weighted by molar-refractivity contribution is -0.141. The number of nitrogens with one attached hydrogen (secondary N) is 2. The Hall–Kier alpha value is -1.08. The molecule has 1 aliphatic carbocycles. The first kappa shape index (κ1) is 16.3. The number of amides is 2. The maximum atomic E-state index is 11.9. The van der Waals surface area contributed by atoms with E-state index in [-0.39, 0.29) is 5.92 Å². The molecular weight excluding hydrogens is 356 g/mol. The lowest BCUT2D eigenvalue weighted by Crippen LogP contribution is -2.50. The second-order valence-electron chi connectivity index (χ2n) is 5.23. The van der Waals surface area contributed by atoms with Gasteiger partial charge in [-0.3, -0.25) is 0 Å². The molecule has 1 aliphatic rings. The summed E-state index contributed by atoms with van der Waals surface area (Å²) in [5.41, 5.74) is 0. The van der Waals surface area contributed by atoms with Crippen LogP contribution in [0.5, 0.6) is 0 Å². The highest BCUT2D eigenvalue weighted by Crippen LogP contribution is 2.26. The largest absolute Gasteiger partial charge is 0.480 e. The second-order valence-corrected chi connectivity index (χ2v) is 7.09. The van der Waals surface area contributed by atoms with Gasteiger partial charge in [0.15, 0.2) is 0 Å². The summed E-state index contributed by atoms with van der Waals surface area (Å²) in [6, 6.07) is 0.701. The maximum Gasteiger partial charge on any atom is 0.326 e. The third-order valence-corrected chi connectivity index (χ3v) is 5.70. The molecule has 0 saturated heterocycles. The van der Waals surface area contributed by atoms with E-state index in [9.17, 15) is 14.7 Å². The third kappa shape index (κ3) is 4.71. The molecule has 0 spiro atoms. The molecule has 1 saturated carbocycles. The van der Waals surface area contributed by atoms with Crippen molar-refractivity contribution in [1.29, 1.82) is 0 Å². The van der Waals surface area contributed by atoms with Crippen LogP contribution in [0.2, 0.25) is 0 Å². The van der Waals surface area contributed by atoms with Crippen LogP contribution in [0.4, 0.5) is 4.79 Å². The lowest BCUT2D eigenvalue weighted by Gasteiger charge is -2.28. The fraction of sp³-hybridized carbons (Fsp3) is 0.571. The molecule has 1 unspecified atom stereocenters. The molecule has 1 fully saturated rings. The number of carboxylic acids is 1. The van der Waals surface area contributed by atoms with Gasteiger partial charge in [0.25, 0.3) is 0 Å². The van der Waals surface area contributed by atoms with Gasteiger partial charge < -0.3 is 15.7 Å². The van der Waals surface area contributed by atoms with Crippen molar-refractivity contribution in [3.63, 3.8) is 0 Å². The zero-order chi connectivity index (χ0) is 15.2. The van der Waals surface area contributed by atoms with Gasteiger partial charge in [-0.2, -0.15) is 0 Å². The van der Waals surface area contributed by atoms with E-state index in [1.54, 1.807) is 0 Å². The van der Waals surface area contributed by atoms with Crippen LogP contribution in [0.15, 0.2) is 15.9 Å². The molecule has 1 atom stereocenters. The summed E-state index contributed by atoms with van der Waals surface area (Å²) in [6.07, 6.45) is 4.97. The molecule has 5 nitrogen and oxygen atoms in total. The molecule has 21 heavy (non-hydrogen) atoms. The molecule has 1 aromatic heterocycles. The number of aliphatic carboxylic acids is 1. The Labute approximate surface area is 136 Å².